The monoisotopic (exact) mass is 355 g/mol. The van der Waals surface area contributed by atoms with Crippen molar-refractivity contribution in [2.24, 2.45) is 5.73 Å². The van der Waals surface area contributed by atoms with E-state index in [1.165, 1.54) is 0 Å². The molecule has 1 saturated carbocycles. The molecule has 0 aliphatic heterocycles. The van der Waals surface area contributed by atoms with Crippen LogP contribution in [0.25, 0.3) is 0 Å². The molecular weight excluding hydrogens is 334 g/mol. The molecule has 0 radical (unpaired) electrons. The number of nitrogens with zero attached hydrogens (tertiary/aromatic N) is 2. The maximum atomic E-state index is 12.9. The third-order valence-electron chi connectivity index (χ3n) is 3.94. The van der Waals surface area contributed by atoms with E-state index in [-0.39, 0.29) is 24.5 Å². The molecule has 6 heteroatoms. The number of halogens is 1. The van der Waals surface area contributed by atoms with Gasteiger partial charge in [0.05, 0.1) is 6.54 Å². The molecule has 0 unspecified atom stereocenters. The molecule has 1 fully saturated rings. The van der Waals surface area contributed by atoms with Crippen LogP contribution in [0.1, 0.15) is 56.1 Å². The maximum absolute atomic E-state index is 12.9. The first-order chi connectivity index (χ1) is 9.90. The van der Waals surface area contributed by atoms with Gasteiger partial charge in [-0.15, -0.1) is 0 Å². The van der Waals surface area contributed by atoms with Crippen molar-refractivity contribution in [2.45, 2.75) is 51.6 Å². The zero-order chi connectivity index (χ0) is 15.6. The molecule has 1 aromatic rings. The highest BCUT2D eigenvalue weighted by Crippen LogP contribution is 2.27. The quantitative estimate of drug-likeness (QED) is 0.881. The van der Waals surface area contributed by atoms with Gasteiger partial charge >= 0.3 is 0 Å². The van der Waals surface area contributed by atoms with E-state index in [2.05, 4.69) is 15.9 Å². The van der Waals surface area contributed by atoms with Crippen LogP contribution in [0, 0.1) is 0 Å². The second-order valence-corrected chi connectivity index (χ2v) is 6.80. The largest absolute Gasteiger partial charge is 0.368 e. The third-order valence-corrected chi connectivity index (χ3v) is 4.38. The third kappa shape index (κ3) is 3.67. The number of rotatable bonds is 5. The Morgan fingerprint density at radius 1 is 1.43 bits per heavy atom. The summed E-state index contributed by atoms with van der Waals surface area (Å²) in [7, 11) is 0. The Balaban J connectivity index is 2.31. The van der Waals surface area contributed by atoms with Crippen molar-refractivity contribution in [3.63, 3.8) is 0 Å². The number of hydrogen-bond acceptors (Lipinski definition) is 2. The topological polar surface area (TPSA) is 68.3 Å². The fraction of sp³-hybridized carbons (Fsp3) is 0.600. The molecule has 0 bridgehead atoms. The fourth-order valence-electron chi connectivity index (χ4n) is 2.94. The molecule has 0 atom stereocenters. The van der Waals surface area contributed by atoms with Crippen LogP contribution in [0.5, 0.6) is 0 Å². The standard InChI is InChI=1S/C15H22BrN3O2/c1-10(2)18-8-11(16)7-13(18)15(21)19(9-14(17)20)12-5-3-4-6-12/h7-8,10,12H,3-6,9H2,1-2H3,(H2,17,20). The number of carbonyl (C=O) groups excluding carboxylic acids is 2. The lowest BCUT2D eigenvalue weighted by Crippen LogP contribution is -2.44. The Hall–Kier alpha value is -1.30. The second-order valence-electron chi connectivity index (χ2n) is 5.88. The molecule has 0 saturated heterocycles. The second kappa shape index (κ2) is 6.64. The molecule has 21 heavy (non-hydrogen) atoms. The van der Waals surface area contributed by atoms with Gasteiger partial charge in [0.15, 0.2) is 0 Å². The molecule has 1 aliphatic carbocycles. The first-order valence-electron chi connectivity index (χ1n) is 7.36. The lowest BCUT2D eigenvalue weighted by atomic mass is 10.2. The first-order valence-corrected chi connectivity index (χ1v) is 8.16. The van der Waals surface area contributed by atoms with Crippen molar-refractivity contribution >= 4 is 27.7 Å². The smallest absolute Gasteiger partial charge is 0.271 e. The van der Waals surface area contributed by atoms with Crippen LogP contribution in [0.3, 0.4) is 0 Å². The van der Waals surface area contributed by atoms with Crippen LogP contribution in [-0.4, -0.2) is 33.9 Å². The molecule has 2 N–H and O–H groups in total. The van der Waals surface area contributed by atoms with Crippen molar-refractivity contribution in [2.75, 3.05) is 6.54 Å². The summed E-state index contributed by atoms with van der Waals surface area (Å²) in [6.07, 6.45) is 5.99. The van der Waals surface area contributed by atoms with Crippen LogP contribution >= 0.6 is 15.9 Å². The van der Waals surface area contributed by atoms with Crippen molar-refractivity contribution < 1.29 is 9.59 Å². The van der Waals surface area contributed by atoms with E-state index in [0.717, 1.165) is 30.2 Å². The minimum Gasteiger partial charge on any atom is -0.368 e. The van der Waals surface area contributed by atoms with E-state index in [4.69, 9.17) is 5.73 Å². The number of primary amides is 1. The lowest BCUT2D eigenvalue weighted by Gasteiger charge is -2.28. The summed E-state index contributed by atoms with van der Waals surface area (Å²) >= 11 is 3.42. The molecule has 1 heterocycles. The average Bonchev–Trinajstić information content (AvgIpc) is 3.03. The Morgan fingerprint density at radius 3 is 2.57 bits per heavy atom. The molecule has 2 rings (SSSR count). The van der Waals surface area contributed by atoms with Gasteiger partial charge in [-0.2, -0.15) is 0 Å². The fourth-order valence-corrected chi connectivity index (χ4v) is 3.38. The van der Waals surface area contributed by atoms with Crippen molar-refractivity contribution in [3.05, 3.63) is 22.4 Å². The summed E-state index contributed by atoms with van der Waals surface area (Å²) in [6, 6.07) is 2.11. The molecule has 1 aliphatic rings. The Morgan fingerprint density at radius 2 is 2.05 bits per heavy atom. The summed E-state index contributed by atoms with van der Waals surface area (Å²) in [6.45, 7) is 4.04. The predicted octanol–water partition coefficient (Wildman–Crippen LogP) is 2.70. The summed E-state index contributed by atoms with van der Waals surface area (Å²) in [5.74, 6) is -0.572. The predicted molar refractivity (Wildman–Crippen MR) is 85.0 cm³/mol. The lowest BCUT2D eigenvalue weighted by molar-refractivity contribution is -0.119. The van der Waals surface area contributed by atoms with Crippen LogP contribution in [0.4, 0.5) is 0 Å². The van der Waals surface area contributed by atoms with Crippen LogP contribution in [-0.2, 0) is 4.79 Å². The molecule has 1 aromatic heterocycles. The van der Waals surface area contributed by atoms with Crippen LogP contribution in [0.15, 0.2) is 16.7 Å². The van der Waals surface area contributed by atoms with Crippen molar-refractivity contribution in [1.82, 2.24) is 9.47 Å². The van der Waals surface area contributed by atoms with E-state index in [1.54, 1.807) is 4.90 Å². The number of carbonyl (C=O) groups is 2. The normalized spacial score (nSPS) is 15.6. The van der Waals surface area contributed by atoms with Crippen LogP contribution < -0.4 is 5.73 Å². The Labute approximate surface area is 133 Å². The van der Waals surface area contributed by atoms with Gasteiger partial charge in [-0.25, -0.2) is 0 Å². The molecule has 2 amide bonds. The Kier molecular flexibility index (Phi) is 5.08. The van der Waals surface area contributed by atoms with Gasteiger partial charge in [0, 0.05) is 22.8 Å². The van der Waals surface area contributed by atoms with E-state index in [9.17, 15) is 9.59 Å². The summed E-state index contributed by atoms with van der Waals surface area (Å²) in [5, 5.41) is 0. The highest BCUT2D eigenvalue weighted by molar-refractivity contribution is 9.10. The van der Waals surface area contributed by atoms with Gasteiger partial charge < -0.3 is 15.2 Å². The van der Waals surface area contributed by atoms with Gasteiger partial charge in [-0.1, -0.05) is 12.8 Å². The van der Waals surface area contributed by atoms with E-state index in [1.807, 2.05) is 30.7 Å². The molecule has 116 valence electrons. The zero-order valence-corrected chi connectivity index (χ0v) is 14.1. The average molecular weight is 356 g/mol. The maximum Gasteiger partial charge on any atom is 0.271 e. The minimum atomic E-state index is -0.461. The summed E-state index contributed by atoms with van der Waals surface area (Å²) in [5.41, 5.74) is 5.93. The van der Waals surface area contributed by atoms with Gasteiger partial charge in [0.1, 0.15) is 5.69 Å². The van der Waals surface area contributed by atoms with E-state index < -0.39 is 5.91 Å². The van der Waals surface area contributed by atoms with Crippen molar-refractivity contribution in [3.8, 4) is 0 Å². The van der Waals surface area contributed by atoms with Gasteiger partial charge in [-0.05, 0) is 48.7 Å². The van der Waals surface area contributed by atoms with Gasteiger partial charge in [0.2, 0.25) is 5.91 Å². The number of hydrogen-bond donors (Lipinski definition) is 1. The van der Waals surface area contributed by atoms with Crippen molar-refractivity contribution in [1.29, 1.82) is 0 Å². The SMILES string of the molecule is CC(C)n1cc(Br)cc1C(=O)N(CC(N)=O)C1CCCC1. The van der Waals surface area contributed by atoms with Gasteiger partial charge in [0.25, 0.3) is 5.91 Å². The molecule has 5 nitrogen and oxygen atoms in total. The van der Waals surface area contributed by atoms with Gasteiger partial charge in [-0.3, -0.25) is 9.59 Å². The van der Waals surface area contributed by atoms with Crippen LogP contribution in [0.2, 0.25) is 0 Å². The number of nitrogens with two attached hydrogens (primary N) is 1. The minimum absolute atomic E-state index is 0.00953. The van der Waals surface area contributed by atoms with E-state index >= 15 is 0 Å². The number of aromatic nitrogens is 1. The Bertz CT molecular complexity index is 533. The highest BCUT2D eigenvalue weighted by atomic mass is 79.9. The number of amides is 2. The summed E-state index contributed by atoms with van der Waals surface area (Å²) in [4.78, 5) is 25.9. The molecule has 0 spiro atoms. The zero-order valence-electron chi connectivity index (χ0n) is 12.5. The summed E-state index contributed by atoms with van der Waals surface area (Å²) < 4.78 is 2.79. The highest BCUT2D eigenvalue weighted by Gasteiger charge is 2.30. The first kappa shape index (κ1) is 16.1. The molecule has 0 aromatic carbocycles. The molecular formula is C15H22BrN3O2. The van der Waals surface area contributed by atoms with E-state index in [0.29, 0.717) is 5.69 Å².